The third kappa shape index (κ3) is 3.86. The number of hydrogen-bond acceptors (Lipinski definition) is 3. The maximum Gasteiger partial charge on any atom is 0.285 e. The largest absolute Gasteiger partial charge is 0.312 e. The molecule has 3 rings (SSSR count). The topological polar surface area (TPSA) is 51.4 Å². The minimum atomic E-state index is -3.77. The number of allylic oxidation sites excluding steroid dienone is 1. The summed E-state index contributed by atoms with van der Waals surface area (Å²) in [6.07, 6.45) is 2.60. The Morgan fingerprint density at radius 2 is 1.81 bits per heavy atom. The van der Waals surface area contributed by atoms with Crippen molar-refractivity contribution >= 4 is 21.4 Å². The van der Waals surface area contributed by atoms with Crippen molar-refractivity contribution in [3.8, 4) is 11.3 Å². The van der Waals surface area contributed by atoms with Gasteiger partial charge in [-0.1, -0.05) is 55.5 Å². The van der Waals surface area contributed by atoms with Crippen LogP contribution in [0.2, 0.25) is 0 Å². The standard InChI is InChI=1S/C20H20N2O2S2/c1-3-14-22-19(17-8-6-5-7-9-17)15-25-20(22)21-26(23,24)18-12-10-16(4-2)11-13-18/h3,5-13,15H,1,4,14H2,2H3/b21-20-. The quantitative estimate of drug-likeness (QED) is 0.597. The summed E-state index contributed by atoms with van der Waals surface area (Å²) < 4.78 is 31.4. The molecule has 0 fully saturated rings. The third-order valence-corrected chi connectivity index (χ3v) is 6.27. The van der Waals surface area contributed by atoms with Crippen LogP contribution >= 0.6 is 11.3 Å². The molecule has 0 spiro atoms. The first kappa shape index (κ1) is 18.4. The molecule has 1 heterocycles. The van der Waals surface area contributed by atoms with Crippen molar-refractivity contribution in [2.45, 2.75) is 24.8 Å². The van der Waals surface area contributed by atoms with E-state index < -0.39 is 10.0 Å². The van der Waals surface area contributed by atoms with Gasteiger partial charge in [0, 0.05) is 11.9 Å². The van der Waals surface area contributed by atoms with Gasteiger partial charge in [-0.15, -0.1) is 22.3 Å². The fraction of sp³-hybridized carbons (Fsp3) is 0.150. The first-order valence-electron chi connectivity index (χ1n) is 8.29. The van der Waals surface area contributed by atoms with Crippen LogP contribution in [0.5, 0.6) is 0 Å². The van der Waals surface area contributed by atoms with Crippen LogP contribution in [0.3, 0.4) is 0 Å². The maximum atomic E-state index is 12.7. The number of aryl methyl sites for hydroxylation is 1. The summed E-state index contributed by atoms with van der Waals surface area (Å²) in [5.74, 6) is 0. The van der Waals surface area contributed by atoms with Gasteiger partial charge in [0.25, 0.3) is 10.0 Å². The molecule has 0 atom stereocenters. The normalized spacial score (nSPS) is 12.3. The summed E-state index contributed by atoms with van der Waals surface area (Å²) >= 11 is 1.31. The zero-order valence-corrected chi connectivity index (χ0v) is 16.1. The van der Waals surface area contributed by atoms with Crippen molar-refractivity contribution in [2.24, 2.45) is 4.40 Å². The van der Waals surface area contributed by atoms with Gasteiger partial charge >= 0.3 is 0 Å². The van der Waals surface area contributed by atoms with Crippen molar-refractivity contribution in [2.75, 3.05) is 0 Å². The number of thiazole rings is 1. The van der Waals surface area contributed by atoms with Crippen LogP contribution in [0, 0.1) is 0 Å². The Bertz CT molecular complexity index is 1060. The highest BCUT2D eigenvalue weighted by Crippen LogP contribution is 2.20. The van der Waals surface area contributed by atoms with E-state index in [4.69, 9.17) is 0 Å². The Kier molecular flexibility index (Phi) is 5.54. The molecule has 26 heavy (non-hydrogen) atoms. The van der Waals surface area contributed by atoms with E-state index in [1.54, 1.807) is 18.2 Å². The molecule has 0 aliphatic heterocycles. The number of nitrogens with zero attached hydrogens (tertiary/aromatic N) is 2. The van der Waals surface area contributed by atoms with E-state index in [0.29, 0.717) is 11.3 Å². The molecular weight excluding hydrogens is 364 g/mol. The zero-order valence-electron chi connectivity index (χ0n) is 14.5. The first-order chi connectivity index (χ1) is 12.5. The second-order valence-corrected chi connectivity index (χ2v) is 8.17. The van der Waals surface area contributed by atoms with Crippen molar-refractivity contribution < 1.29 is 8.42 Å². The summed E-state index contributed by atoms with van der Waals surface area (Å²) in [5, 5.41) is 1.92. The molecule has 4 nitrogen and oxygen atoms in total. The predicted molar refractivity (Wildman–Crippen MR) is 107 cm³/mol. The molecule has 6 heteroatoms. The van der Waals surface area contributed by atoms with Crippen LogP contribution < -0.4 is 4.80 Å². The third-order valence-electron chi connectivity index (χ3n) is 4.01. The van der Waals surface area contributed by atoms with E-state index in [2.05, 4.69) is 11.0 Å². The second-order valence-electron chi connectivity index (χ2n) is 5.73. The van der Waals surface area contributed by atoms with Gasteiger partial charge < -0.3 is 4.57 Å². The smallest absolute Gasteiger partial charge is 0.285 e. The molecule has 0 unspecified atom stereocenters. The molecule has 2 aromatic carbocycles. The first-order valence-corrected chi connectivity index (χ1v) is 10.6. The van der Waals surface area contributed by atoms with E-state index in [9.17, 15) is 8.42 Å². The molecule has 134 valence electrons. The maximum absolute atomic E-state index is 12.7. The number of hydrogen-bond donors (Lipinski definition) is 0. The summed E-state index contributed by atoms with van der Waals surface area (Å²) in [4.78, 5) is 0.637. The van der Waals surface area contributed by atoms with Gasteiger partial charge in [-0.2, -0.15) is 8.42 Å². The van der Waals surface area contributed by atoms with Gasteiger partial charge in [0.15, 0.2) is 0 Å². The Balaban J connectivity index is 2.10. The number of benzene rings is 2. The molecule has 0 aliphatic carbocycles. The molecule has 0 amide bonds. The molecule has 0 aliphatic rings. The molecule has 0 saturated carbocycles. The van der Waals surface area contributed by atoms with Crippen LogP contribution in [0.15, 0.2) is 81.9 Å². The number of sulfonamides is 1. The van der Waals surface area contributed by atoms with E-state index in [0.717, 1.165) is 23.2 Å². The Hall–Kier alpha value is -2.44. The lowest BCUT2D eigenvalue weighted by Crippen LogP contribution is -2.17. The summed E-state index contributed by atoms with van der Waals surface area (Å²) in [7, 11) is -3.77. The van der Waals surface area contributed by atoms with E-state index in [-0.39, 0.29) is 4.90 Å². The fourth-order valence-corrected chi connectivity index (χ4v) is 4.74. The van der Waals surface area contributed by atoms with Crippen molar-refractivity contribution in [1.29, 1.82) is 0 Å². The molecule has 1 aromatic heterocycles. The lowest BCUT2D eigenvalue weighted by Gasteiger charge is -2.06. The van der Waals surface area contributed by atoms with Crippen LogP contribution in [0.1, 0.15) is 12.5 Å². The highest BCUT2D eigenvalue weighted by Gasteiger charge is 2.14. The average Bonchev–Trinajstić information content (AvgIpc) is 3.04. The highest BCUT2D eigenvalue weighted by atomic mass is 32.2. The summed E-state index contributed by atoms with van der Waals surface area (Å²) in [5.41, 5.74) is 3.02. The van der Waals surface area contributed by atoms with Crippen LogP contribution in [-0.4, -0.2) is 13.0 Å². The van der Waals surface area contributed by atoms with Gasteiger partial charge in [0.2, 0.25) is 4.80 Å². The minimum absolute atomic E-state index is 0.203. The number of rotatable bonds is 6. The van der Waals surface area contributed by atoms with Gasteiger partial charge in [-0.05, 0) is 29.7 Å². The van der Waals surface area contributed by atoms with Crippen molar-refractivity contribution in [3.05, 3.63) is 83.0 Å². The van der Waals surface area contributed by atoms with Gasteiger partial charge in [0.1, 0.15) is 0 Å². The Labute approximate surface area is 157 Å². The molecular formula is C20H20N2O2S2. The van der Waals surface area contributed by atoms with Crippen LogP contribution in [-0.2, 0) is 23.0 Å². The molecule has 0 N–H and O–H groups in total. The number of aromatic nitrogens is 1. The average molecular weight is 385 g/mol. The van der Waals surface area contributed by atoms with Gasteiger partial charge in [-0.25, -0.2) is 0 Å². The van der Waals surface area contributed by atoms with Gasteiger partial charge in [0.05, 0.1) is 10.6 Å². The van der Waals surface area contributed by atoms with E-state index in [1.165, 1.54) is 11.3 Å². The fourth-order valence-electron chi connectivity index (χ4n) is 2.60. The SMILES string of the molecule is C=CCn1c(-c2ccccc2)cs/c1=N\S(=O)(=O)c1ccc(CC)cc1. The van der Waals surface area contributed by atoms with E-state index in [1.807, 2.05) is 59.3 Å². The summed E-state index contributed by atoms with van der Waals surface area (Å²) in [6, 6.07) is 16.7. The Morgan fingerprint density at radius 1 is 1.12 bits per heavy atom. The van der Waals surface area contributed by atoms with Crippen LogP contribution in [0.25, 0.3) is 11.3 Å². The van der Waals surface area contributed by atoms with E-state index >= 15 is 0 Å². The Morgan fingerprint density at radius 3 is 2.42 bits per heavy atom. The van der Waals surface area contributed by atoms with Gasteiger partial charge in [-0.3, -0.25) is 0 Å². The van der Waals surface area contributed by atoms with Crippen molar-refractivity contribution in [3.63, 3.8) is 0 Å². The second kappa shape index (κ2) is 7.85. The lowest BCUT2D eigenvalue weighted by atomic mass is 10.2. The lowest BCUT2D eigenvalue weighted by molar-refractivity contribution is 0.595. The predicted octanol–water partition coefficient (Wildman–Crippen LogP) is 4.25. The molecule has 0 bridgehead atoms. The van der Waals surface area contributed by atoms with Crippen molar-refractivity contribution in [1.82, 2.24) is 4.57 Å². The molecule has 0 radical (unpaired) electrons. The molecule has 3 aromatic rings. The zero-order chi connectivity index (χ0) is 18.6. The molecule has 0 saturated heterocycles. The monoisotopic (exact) mass is 384 g/mol. The summed E-state index contributed by atoms with van der Waals surface area (Å²) in [6.45, 7) is 6.29. The van der Waals surface area contributed by atoms with Crippen LogP contribution in [0.4, 0.5) is 0 Å². The minimum Gasteiger partial charge on any atom is -0.312 e. The highest BCUT2D eigenvalue weighted by molar-refractivity contribution is 7.90.